The molecule has 0 aliphatic heterocycles. The molecule has 0 saturated heterocycles. The number of nitrogen functional groups attached to an aromatic ring is 1. The second-order valence-corrected chi connectivity index (χ2v) is 3.88. The second-order valence-electron chi connectivity index (χ2n) is 3.88. The molecule has 3 nitrogen and oxygen atoms in total. The fourth-order valence-corrected chi connectivity index (χ4v) is 1.59. The van der Waals surface area contributed by atoms with Gasteiger partial charge in [-0.1, -0.05) is 12.1 Å². The maximum absolute atomic E-state index is 13.2. The Morgan fingerprint density at radius 1 is 1.06 bits per heavy atom. The zero-order valence-corrected chi connectivity index (χ0v) is 10.2. The van der Waals surface area contributed by atoms with Crippen LogP contribution in [0.25, 0.3) is 0 Å². The maximum atomic E-state index is 13.2. The van der Waals surface area contributed by atoms with Crippen LogP contribution in [0.1, 0.15) is 5.56 Å². The molecule has 4 heteroatoms. The number of hydrogen-bond acceptors (Lipinski definition) is 3. The third-order valence-corrected chi connectivity index (χ3v) is 2.62. The SMILES string of the molecule is COc1cccc(Oc2cc(F)ccc2C)c1N. The van der Waals surface area contributed by atoms with Gasteiger partial charge in [0, 0.05) is 6.07 Å². The van der Waals surface area contributed by atoms with Crippen molar-refractivity contribution in [1.82, 2.24) is 0 Å². The summed E-state index contributed by atoms with van der Waals surface area (Å²) in [7, 11) is 1.53. The number of anilines is 1. The fraction of sp³-hybridized carbons (Fsp3) is 0.143. The lowest BCUT2D eigenvalue weighted by molar-refractivity contribution is 0.411. The summed E-state index contributed by atoms with van der Waals surface area (Å²) in [5.41, 5.74) is 7.11. The average molecular weight is 247 g/mol. The van der Waals surface area contributed by atoms with Crippen molar-refractivity contribution >= 4 is 5.69 Å². The van der Waals surface area contributed by atoms with Gasteiger partial charge in [0.1, 0.15) is 23.0 Å². The van der Waals surface area contributed by atoms with Gasteiger partial charge in [-0.2, -0.15) is 0 Å². The van der Waals surface area contributed by atoms with E-state index >= 15 is 0 Å². The molecule has 94 valence electrons. The summed E-state index contributed by atoms with van der Waals surface area (Å²) in [6.07, 6.45) is 0. The van der Waals surface area contributed by atoms with Crippen LogP contribution in [0.15, 0.2) is 36.4 Å². The van der Waals surface area contributed by atoms with E-state index in [9.17, 15) is 4.39 Å². The Labute approximate surface area is 105 Å². The van der Waals surface area contributed by atoms with Gasteiger partial charge < -0.3 is 15.2 Å². The van der Waals surface area contributed by atoms with E-state index in [0.29, 0.717) is 22.9 Å². The highest BCUT2D eigenvalue weighted by Gasteiger charge is 2.09. The Morgan fingerprint density at radius 3 is 2.50 bits per heavy atom. The quantitative estimate of drug-likeness (QED) is 0.844. The van der Waals surface area contributed by atoms with Gasteiger partial charge in [-0.05, 0) is 30.7 Å². The topological polar surface area (TPSA) is 44.5 Å². The van der Waals surface area contributed by atoms with E-state index in [0.717, 1.165) is 5.56 Å². The van der Waals surface area contributed by atoms with E-state index in [-0.39, 0.29) is 5.82 Å². The molecular formula is C14H14FNO2. The molecule has 0 aliphatic carbocycles. The van der Waals surface area contributed by atoms with Crippen molar-refractivity contribution in [3.05, 3.63) is 47.8 Å². The summed E-state index contributed by atoms with van der Waals surface area (Å²) >= 11 is 0. The van der Waals surface area contributed by atoms with Crippen LogP contribution in [0.3, 0.4) is 0 Å². The molecule has 0 aromatic heterocycles. The van der Waals surface area contributed by atoms with Crippen molar-refractivity contribution in [2.75, 3.05) is 12.8 Å². The van der Waals surface area contributed by atoms with Crippen LogP contribution >= 0.6 is 0 Å². The number of para-hydroxylation sites is 1. The molecule has 0 bridgehead atoms. The maximum Gasteiger partial charge on any atom is 0.154 e. The van der Waals surface area contributed by atoms with Gasteiger partial charge in [0.15, 0.2) is 5.75 Å². The van der Waals surface area contributed by atoms with Gasteiger partial charge in [-0.3, -0.25) is 0 Å². The standard InChI is InChI=1S/C14H14FNO2/c1-9-6-7-10(15)8-13(9)18-12-5-3-4-11(17-2)14(12)16/h3-8H,16H2,1-2H3. The molecule has 0 fully saturated rings. The first kappa shape index (κ1) is 12.2. The predicted molar refractivity (Wildman–Crippen MR) is 68.6 cm³/mol. The van der Waals surface area contributed by atoms with Crippen LogP contribution in [0.2, 0.25) is 0 Å². The van der Waals surface area contributed by atoms with Crippen molar-refractivity contribution in [2.24, 2.45) is 0 Å². The van der Waals surface area contributed by atoms with Gasteiger partial charge in [0.05, 0.1) is 7.11 Å². The lowest BCUT2D eigenvalue weighted by Gasteiger charge is -2.12. The third-order valence-electron chi connectivity index (χ3n) is 2.62. The van der Waals surface area contributed by atoms with Crippen LogP contribution in [-0.2, 0) is 0 Å². The Balaban J connectivity index is 2.37. The van der Waals surface area contributed by atoms with Crippen LogP contribution in [0.5, 0.6) is 17.2 Å². The molecular weight excluding hydrogens is 233 g/mol. The van der Waals surface area contributed by atoms with Crippen molar-refractivity contribution in [1.29, 1.82) is 0 Å². The number of hydrogen-bond donors (Lipinski definition) is 1. The predicted octanol–water partition coefficient (Wildman–Crippen LogP) is 3.52. The van der Waals surface area contributed by atoms with E-state index < -0.39 is 0 Å². The zero-order chi connectivity index (χ0) is 13.1. The van der Waals surface area contributed by atoms with E-state index in [2.05, 4.69) is 0 Å². The lowest BCUT2D eigenvalue weighted by Crippen LogP contribution is -1.97. The lowest BCUT2D eigenvalue weighted by atomic mass is 10.2. The number of aryl methyl sites for hydroxylation is 1. The van der Waals surface area contributed by atoms with Crippen molar-refractivity contribution < 1.29 is 13.9 Å². The molecule has 0 aliphatic rings. The minimum Gasteiger partial charge on any atom is -0.494 e. The molecule has 0 amide bonds. The number of benzene rings is 2. The first-order valence-corrected chi connectivity index (χ1v) is 5.48. The van der Waals surface area contributed by atoms with Crippen LogP contribution < -0.4 is 15.2 Å². The van der Waals surface area contributed by atoms with Crippen molar-refractivity contribution in [2.45, 2.75) is 6.92 Å². The van der Waals surface area contributed by atoms with Crippen LogP contribution in [0, 0.1) is 12.7 Å². The molecule has 2 aromatic rings. The largest absolute Gasteiger partial charge is 0.494 e. The average Bonchev–Trinajstić information content (AvgIpc) is 2.36. The van der Waals surface area contributed by atoms with Gasteiger partial charge in [0.2, 0.25) is 0 Å². The Bertz CT molecular complexity index is 570. The number of methoxy groups -OCH3 is 1. The monoisotopic (exact) mass is 247 g/mol. The summed E-state index contributed by atoms with van der Waals surface area (Å²) in [5.74, 6) is 1.07. The molecule has 18 heavy (non-hydrogen) atoms. The Hall–Kier alpha value is -2.23. The molecule has 0 heterocycles. The smallest absolute Gasteiger partial charge is 0.154 e. The van der Waals surface area contributed by atoms with Gasteiger partial charge in [-0.15, -0.1) is 0 Å². The van der Waals surface area contributed by atoms with Crippen LogP contribution in [-0.4, -0.2) is 7.11 Å². The molecule has 2 N–H and O–H groups in total. The molecule has 2 aromatic carbocycles. The molecule has 0 saturated carbocycles. The normalized spacial score (nSPS) is 10.2. The first-order valence-electron chi connectivity index (χ1n) is 5.48. The fourth-order valence-electron chi connectivity index (χ4n) is 1.59. The third kappa shape index (κ3) is 2.37. The minimum absolute atomic E-state index is 0.350. The number of ether oxygens (including phenoxy) is 2. The molecule has 0 unspecified atom stereocenters. The highest BCUT2D eigenvalue weighted by Crippen LogP contribution is 2.35. The van der Waals surface area contributed by atoms with Gasteiger partial charge >= 0.3 is 0 Å². The van der Waals surface area contributed by atoms with E-state index in [1.54, 1.807) is 24.3 Å². The van der Waals surface area contributed by atoms with E-state index in [1.165, 1.54) is 19.2 Å². The highest BCUT2D eigenvalue weighted by atomic mass is 19.1. The minimum atomic E-state index is -0.350. The van der Waals surface area contributed by atoms with Crippen LogP contribution in [0.4, 0.5) is 10.1 Å². The van der Waals surface area contributed by atoms with Crippen molar-refractivity contribution in [3.63, 3.8) is 0 Å². The summed E-state index contributed by atoms with van der Waals surface area (Å²) in [6.45, 7) is 1.84. The van der Waals surface area contributed by atoms with Gasteiger partial charge in [-0.25, -0.2) is 4.39 Å². The van der Waals surface area contributed by atoms with Gasteiger partial charge in [0.25, 0.3) is 0 Å². The molecule has 0 atom stereocenters. The van der Waals surface area contributed by atoms with Crippen molar-refractivity contribution in [3.8, 4) is 17.2 Å². The Morgan fingerprint density at radius 2 is 1.78 bits per heavy atom. The number of halogens is 1. The number of nitrogens with two attached hydrogens (primary N) is 1. The first-order chi connectivity index (χ1) is 8.61. The summed E-state index contributed by atoms with van der Waals surface area (Å²) < 4.78 is 23.9. The van der Waals surface area contributed by atoms with E-state index in [1.807, 2.05) is 6.92 Å². The highest BCUT2D eigenvalue weighted by molar-refractivity contribution is 5.63. The summed E-state index contributed by atoms with van der Waals surface area (Å²) in [5, 5.41) is 0. The molecule has 2 rings (SSSR count). The van der Waals surface area contributed by atoms with E-state index in [4.69, 9.17) is 15.2 Å². The second kappa shape index (κ2) is 4.96. The molecule has 0 radical (unpaired) electrons. The molecule has 0 spiro atoms. The Kier molecular flexibility index (Phi) is 3.37. The summed E-state index contributed by atoms with van der Waals surface area (Å²) in [6, 6.07) is 9.58. The zero-order valence-electron chi connectivity index (χ0n) is 10.2. The summed E-state index contributed by atoms with van der Waals surface area (Å²) in [4.78, 5) is 0. The number of rotatable bonds is 3.